The molecule has 0 atom stereocenters. The van der Waals surface area contributed by atoms with Crippen LogP contribution in [-0.4, -0.2) is 0 Å². The van der Waals surface area contributed by atoms with Crippen LogP contribution in [0, 0.1) is 0 Å². The SMILES string of the molecule is c1ccc(-c2cc3oc4ccc(N(c5ccccc5)c5cccc6c5-c5ccccc5C6(c5ccccc5)c5ccccc5)cc4c3c3ccccc23)cc1. The van der Waals surface area contributed by atoms with E-state index < -0.39 is 5.41 Å². The molecule has 0 saturated heterocycles. The maximum atomic E-state index is 6.70. The van der Waals surface area contributed by atoms with Crippen molar-refractivity contribution in [3.63, 3.8) is 0 Å². The smallest absolute Gasteiger partial charge is 0.136 e. The van der Waals surface area contributed by atoms with Crippen LogP contribution >= 0.6 is 0 Å². The molecule has 2 heteroatoms. The van der Waals surface area contributed by atoms with E-state index in [-0.39, 0.29) is 0 Å². The quantitative estimate of drug-likeness (QED) is 0.172. The third kappa shape index (κ3) is 4.68. The molecule has 9 aromatic carbocycles. The van der Waals surface area contributed by atoms with Crippen molar-refractivity contribution in [2.75, 3.05) is 4.90 Å². The van der Waals surface area contributed by atoms with Gasteiger partial charge in [0.2, 0.25) is 0 Å². The maximum absolute atomic E-state index is 6.70. The highest BCUT2D eigenvalue weighted by Crippen LogP contribution is 2.59. The molecule has 0 amide bonds. The molecule has 10 aromatic rings. The Kier molecular flexibility index (Phi) is 7.11. The first-order valence-electron chi connectivity index (χ1n) is 18.9. The van der Waals surface area contributed by atoms with Gasteiger partial charge in [-0.1, -0.05) is 170 Å². The average molecular weight is 702 g/mol. The first kappa shape index (κ1) is 31.4. The molecule has 0 bridgehead atoms. The zero-order chi connectivity index (χ0) is 36.3. The molecule has 0 radical (unpaired) electrons. The molecule has 0 saturated carbocycles. The van der Waals surface area contributed by atoms with Gasteiger partial charge in [0.1, 0.15) is 11.2 Å². The lowest BCUT2D eigenvalue weighted by atomic mass is 9.68. The standard InChI is InChI=1S/C53H35NO/c1-5-18-36(19-6-1)44-35-50-51(42-27-14-13-26-41(42)44)45-34-40(32-33-49(45)55-50)54(39-24-11-4-12-25-39)48-31-17-30-47-52(48)43-28-15-16-29-46(43)53(47,37-20-7-2-8-21-37)38-22-9-3-10-23-38/h1-35H. The molecule has 1 aliphatic carbocycles. The van der Waals surface area contributed by atoms with Crippen molar-refractivity contribution >= 4 is 49.8 Å². The molecule has 1 aliphatic rings. The van der Waals surface area contributed by atoms with Crippen molar-refractivity contribution < 1.29 is 4.42 Å². The number of furan rings is 1. The first-order chi connectivity index (χ1) is 27.3. The van der Waals surface area contributed by atoms with Gasteiger partial charge in [-0.2, -0.15) is 0 Å². The Morgan fingerprint density at radius 2 is 0.982 bits per heavy atom. The lowest BCUT2D eigenvalue weighted by molar-refractivity contribution is 0.669. The fraction of sp³-hybridized carbons (Fsp3) is 0.0189. The lowest BCUT2D eigenvalue weighted by Crippen LogP contribution is -2.28. The maximum Gasteiger partial charge on any atom is 0.136 e. The largest absolute Gasteiger partial charge is 0.456 e. The molecule has 0 aliphatic heterocycles. The summed E-state index contributed by atoms with van der Waals surface area (Å²) >= 11 is 0. The van der Waals surface area contributed by atoms with Crippen molar-refractivity contribution in [1.82, 2.24) is 0 Å². The van der Waals surface area contributed by atoms with E-state index in [2.05, 4.69) is 217 Å². The minimum atomic E-state index is -0.493. The van der Waals surface area contributed by atoms with Crippen molar-refractivity contribution in [3.8, 4) is 22.3 Å². The van der Waals surface area contributed by atoms with Gasteiger partial charge < -0.3 is 9.32 Å². The van der Waals surface area contributed by atoms with E-state index in [1.54, 1.807) is 0 Å². The highest BCUT2D eigenvalue weighted by atomic mass is 16.3. The van der Waals surface area contributed by atoms with Gasteiger partial charge in [0.25, 0.3) is 0 Å². The molecule has 55 heavy (non-hydrogen) atoms. The van der Waals surface area contributed by atoms with Crippen LogP contribution in [0.5, 0.6) is 0 Å². The van der Waals surface area contributed by atoms with Crippen LogP contribution in [-0.2, 0) is 5.41 Å². The molecule has 258 valence electrons. The van der Waals surface area contributed by atoms with Crippen molar-refractivity contribution in [2.24, 2.45) is 0 Å². The van der Waals surface area contributed by atoms with Gasteiger partial charge in [-0.3, -0.25) is 0 Å². The predicted octanol–water partition coefficient (Wildman–Crippen LogP) is 14.2. The summed E-state index contributed by atoms with van der Waals surface area (Å²) in [5, 5.41) is 4.63. The number of hydrogen-bond acceptors (Lipinski definition) is 2. The first-order valence-corrected chi connectivity index (χ1v) is 18.9. The third-order valence-corrected chi connectivity index (χ3v) is 11.5. The number of hydrogen-bond donors (Lipinski definition) is 0. The summed E-state index contributed by atoms with van der Waals surface area (Å²) < 4.78 is 6.70. The summed E-state index contributed by atoms with van der Waals surface area (Å²) in [6.07, 6.45) is 0. The van der Waals surface area contributed by atoms with Gasteiger partial charge in [-0.05, 0) is 92.2 Å². The van der Waals surface area contributed by atoms with E-state index in [4.69, 9.17) is 4.42 Å². The number of para-hydroxylation sites is 1. The number of nitrogens with zero attached hydrogens (tertiary/aromatic N) is 1. The summed E-state index contributed by atoms with van der Waals surface area (Å²) in [6, 6.07) is 76.8. The van der Waals surface area contributed by atoms with Crippen LogP contribution in [0.2, 0.25) is 0 Å². The van der Waals surface area contributed by atoms with Crippen LogP contribution in [0.25, 0.3) is 55.0 Å². The average Bonchev–Trinajstić information content (AvgIpc) is 3.79. The van der Waals surface area contributed by atoms with E-state index in [9.17, 15) is 0 Å². The van der Waals surface area contributed by atoms with Gasteiger partial charge in [-0.15, -0.1) is 0 Å². The Bertz CT molecular complexity index is 2980. The molecule has 0 unspecified atom stereocenters. The fourth-order valence-electron chi connectivity index (χ4n) is 9.29. The molecular formula is C53H35NO. The van der Waals surface area contributed by atoms with Gasteiger partial charge in [0, 0.05) is 27.7 Å². The third-order valence-electron chi connectivity index (χ3n) is 11.5. The van der Waals surface area contributed by atoms with E-state index in [1.165, 1.54) is 55.3 Å². The second-order valence-electron chi connectivity index (χ2n) is 14.4. The highest BCUT2D eigenvalue weighted by molar-refractivity contribution is 6.22. The molecule has 1 heterocycles. The Hall–Kier alpha value is -7.16. The second-order valence-corrected chi connectivity index (χ2v) is 14.4. The minimum Gasteiger partial charge on any atom is -0.456 e. The van der Waals surface area contributed by atoms with E-state index in [0.717, 1.165) is 39.0 Å². The van der Waals surface area contributed by atoms with Crippen molar-refractivity contribution in [1.29, 1.82) is 0 Å². The minimum absolute atomic E-state index is 0.493. The number of rotatable bonds is 6. The molecular weight excluding hydrogens is 667 g/mol. The van der Waals surface area contributed by atoms with Gasteiger partial charge >= 0.3 is 0 Å². The molecule has 0 spiro atoms. The fourth-order valence-corrected chi connectivity index (χ4v) is 9.29. The lowest BCUT2D eigenvalue weighted by Gasteiger charge is -2.34. The Balaban J connectivity index is 1.19. The number of benzene rings is 9. The van der Waals surface area contributed by atoms with Crippen LogP contribution in [0.1, 0.15) is 22.3 Å². The zero-order valence-corrected chi connectivity index (χ0v) is 30.1. The molecule has 1 aromatic heterocycles. The van der Waals surface area contributed by atoms with Crippen LogP contribution in [0.4, 0.5) is 17.1 Å². The molecule has 0 N–H and O–H groups in total. The predicted molar refractivity (Wildman–Crippen MR) is 229 cm³/mol. The Morgan fingerprint density at radius 1 is 0.382 bits per heavy atom. The van der Waals surface area contributed by atoms with E-state index in [1.807, 2.05) is 0 Å². The van der Waals surface area contributed by atoms with Crippen molar-refractivity contribution in [2.45, 2.75) is 5.41 Å². The highest BCUT2D eigenvalue weighted by Gasteiger charge is 2.47. The summed E-state index contributed by atoms with van der Waals surface area (Å²) in [6.45, 7) is 0. The summed E-state index contributed by atoms with van der Waals surface area (Å²) in [5.41, 5.74) is 14.5. The topological polar surface area (TPSA) is 16.4 Å². The second kappa shape index (κ2) is 12.5. The number of fused-ring (bicyclic) bond motifs is 8. The molecule has 2 nitrogen and oxygen atoms in total. The summed E-state index contributed by atoms with van der Waals surface area (Å²) in [4.78, 5) is 2.43. The summed E-state index contributed by atoms with van der Waals surface area (Å²) in [5.74, 6) is 0. The Labute approximate surface area is 320 Å². The molecule has 11 rings (SSSR count). The van der Waals surface area contributed by atoms with Crippen LogP contribution in [0.15, 0.2) is 217 Å². The monoisotopic (exact) mass is 701 g/mol. The molecule has 0 fully saturated rings. The van der Waals surface area contributed by atoms with Gasteiger partial charge in [0.05, 0.1) is 11.1 Å². The van der Waals surface area contributed by atoms with E-state index >= 15 is 0 Å². The normalized spacial score (nSPS) is 12.9. The van der Waals surface area contributed by atoms with Crippen molar-refractivity contribution in [3.05, 3.63) is 235 Å². The van der Waals surface area contributed by atoms with E-state index in [0.29, 0.717) is 0 Å². The van der Waals surface area contributed by atoms with Gasteiger partial charge in [-0.25, -0.2) is 0 Å². The zero-order valence-electron chi connectivity index (χ0n) is 30.1. The van der Waals surface area contributed by atoms with Crippen LogP contribution < -0.4 is 4.90 Å². The number of anilines is 3. The van der Waals surface area contributed by atoms with Gasteiger partial charge in [0.15, 0.2) is 0 Å². The summed E-state index contributed by atoms with van der Waals surface area (Å²) in [7, 11) is 0. The van der Waals surface area contributed by atoms with Crippen LogP contribution in [0.3, 0.4) is 0 Å². The Morgan fingerprint density at radius 3 is 1.71 bits per heavy atom.